The van der Waals surface area contributed by atoms with E-state index in [-0.39, 0.29) is 0 Å². The van der Waals surface area contributed by atoms with Crippen molar-refractivity contribution in [2.24, 2.45) is 4.99 Å². The summed E-state index contributed by atoms with van der Waals surface area (Å²) in [5.74, 6) is 1.48. The van der Waals surface area contributed by atoms with E-state index < -0.39 is 0 Å². The van der Waals surface area contributed by atoms with Gasteiger partial charge in [-0.2, -0.15) is 0 Å². The van der Waals surface area contributed by atoms with E-state index in [9.17, 15) is 0 Å². The normalized spacial score (nSPS) is 20.7. The molecule has 116 valence electrons. The van der Waals surface area contributed by atoms with Crippen molar-refractivity contribution in [1.29, 1.82) is 0 Å². The lowest BCUT2D eigenvalue weighted by Gasteiger charge is -2.12. The van der Waals surface area contributed by atoms with Crippen LogP contribution in [0.5, 0.6) is 0 Å². The van der Waals surface area contributed by atoms with E-state index in [0.717, 1.165) is 23.5 Å². The third kappa shape index (κ3) is 3.91. The Hall–Kier alpha value is -1.75. The van der Waals surface area contributed by atoms with Crippen LogP contribution < -0.4 is 10.6 Å². The molecule has 0 spiro atoms. The van der Waals surface area contributed by atoms with E-state index in [1.807, 2.05) is 19.2 Å². The highest BCUT2D eigenvalue weighted by Crippen LogP contribution is 2.40. The number of nitrogens with zero attached hydrogens (tertiary/aromatic N) is 2. The Morgan fingerprint density at radius 3 is 2.68 bits per heavy atom. The number of hydrogen-bond donors (Lipinski definition) is 2. The monoisotopic (exact) mass is 360 g/mol. The molecule has 0 saturated heterocycles. The standard InChI is InChI=1S/C17H21BrN4/c1-19-17(20-8-11-22-9-2-3-10-22)21-16-12-15(16)13-4-6-14(18)7-5-13/h2-7,9-10,15-16H,8,11-12H2,1H3,(H2,19,20,21). The molecule has 5 heteroatoms. The maximum absolute atomic E-state index is 4.31. The Bertz CT molecular complexity index is 619. The molecule has 3 rings (SSSR count). The van der Waals surface area contributed by atoms with E-state index >= 15 is 0 Å². The number of nitrogens with one attached hydrogen (secondary N) is 2. The summed E-state index contributed by atoms with van der Waals surface area (Å²) in [6.07, 6.45) is 5.31. The van der Waals surface area contributed by atoms with Gasteiger partial charge in [-0.3, -0.25) is 4.99 Å². The minimum atomic E-state index is 0.485. The number of rotatable bonds is 5. The molecule has 1 saturated carbocycles. The summed E-state index contributed by atoms with van der Waals surface area (Å²) in [6.45, 7) is 1.80. The molecule has 2 N–H and O–H groups in total. The Balaban J connectivity index is 1.45. The van der Waals surface area contributed by atoms with Gasteiger partial charge in [0.15, 0.2) is 5.96 Å². The maximum atomic E-state index is 4.31. The molecule has 1 heterocycles. The number of benzene rings is 1. The molecular formula is C17H21BrN4. The minimum absolute atomic E-state index is 0.485. The van der Waals surface area contributed by atoms with Gasteiger partial charge in [0.1, 0.15) is 0 Å². The quantitative estimate of drug-likeness (QED) is 0.635. The number of hydrogen-bond acceptors (Lipinski definition) is 1. The molecule has 1 aliphatic carbocycles. The molecule has 1 aromatic heterocycles. The van der Waals surface area contributed by atoms with Gasteiger partial charge in [0.2, 0.25) is 0 Å². The van der Waals surface area contributed by atoms with Gasteiger partial charge in [0.25, 0.3) is 0 Å². The average molecular weight is 361 g/mol. The van der Waals surface area contributed by atoms with Crippen LogP contribution >= 0.6 is 15.9 Å². The van der Waals surface area contributed by atoms with E-state index in [1.165, 1.54) is 12.0 Å². The lowest BCUT2D eigenvalue weighted by atomic mass is 10.1. The van der Waals surface area contributed by atoms with Gasteiger partial charge < -0.3 is 15.2 Å². The highest BCUT2D eigenvalue weighted by Gasteiger charge is 2.38. The first-order valence-electron chi connectivity index (χ1n) is 7.59. The topological polar surface area (TPSA) is 41.4 Å². The Labute approximate surface area is 139 Å². The number of halogens is 1. The predicted molar refractivity (Wildman–Crippen MR) is 94.2 cm³/mol. The number of aliphatic imine (C=N–C) groups is 1. The van der Waals surface area contributed by atoms with Gasteiger partial charge in [0.05, 0.1) is 0 Å². The first-order chi connectivity index (χ1) is 10.8. The van der Waals surface area contributed by atoms with Crippen LogP contribution in [0.2, 0.25) is 0 Å². The minimum Gasteiger partial charge on any atom is -0.355 e. The zero-order valence-electron chi connectivity index (χ0n) is 12.7. The molecule has 1 aliphatic rings. The van der Waals surface area contributed by atoms with Crippen molar-refractivity contribution < 1.29 is 0 Å². The van der Waals surface area contributed by atoms with Crippen LogP contribution in [-0.4, -0.2) is 30.2 Å². The van der Waals surface area contributed by atoms with Gasteiger partial charge in [-0.15, -0.1) is 0 Å². The summed E-state index contributed by atoms with van der Waals surface area (Å²) >= 11 is 3.48. The Kier molecular flexibility index (Phi) is 4.83. The molecule has 0 radical (unpaired) electrons. The third-order valence-corrected chi connectivity index (χ3v) is 4.49. The summed E-state index contributed by atoms with van der Waals surface area (Å²) in [6, 6.07) is 13.2. The summed E-state index contributed by atoms with van der Waals surface area (Å²) in [5.41, 5.74) is 1.39. The summed E-state index contributed by atoms with van der Waals surface area (Å²) in [7, 11) is 1.82. The molecule has 1 fully saturated rings. The van der Waals surface area contributed by atoms with Crippen LogP contribution in [-0.2, 0) is 6.54 Å². The summed E-state index contributed by atoms with van der Waals surface area (Å²) in [4.78, 5) is 4.31. The highest BCUT2D eigenvalue weighted by molar-refractivity contribution is 9.10. The maximum Gasteiger partial charge on any atom is 0.191 e. The van der Waals surface area contributed by atoms with Crippen LogP contribution in [0.4, 0.5) is 0 Å². The van der Waals surface area contributed by atoms with E-state index in [0.29, 0.717) is 12.0 Å². The first-order valence-corrected chi connectivity index (χ1v) is 8.39. The fourth-order valence-electron chi connectivity index (χ4n) is 2.63. The molecule has 0 aliphatic heterocycles. The molecule has 22 heavy (non-hydrogen) atoms. The molecular weight excluding hydrogens is 340 g/mol. The van der Waals surface area contributed by atoms with Gasteiger partial charge in [-0.25, -0.2) is 0 Å². The smallest absolute Gasteiger partial charge is 0.191 e. The van der Waals surface area contributed by atoms with Gasteiger partial charge in [-0.05, 0) is 36.2 Å². The van der Waals surface area contributed by atoms with Crippen LogP contribution in [0.1, 0.15) is 17.9 Å². The van der Waals surface area contributed by atoms with Crippen LogP contribution in [0.15, 0.2) is 58.3 Å². The van der Waals surface area contributed by atoms with E-state index in [4.69, 9.17) is 0 Å². The van der Waals surface area contributed by atoms with Crippen molar-refractivity contribution in [3.8, 4) is 0 Å². The molecule has 2 unspecified atom stereocenters. The highest BCUT2D eigenvalue weighted by atomic mass is 79.9. The second kappa shape index (κ2) is 7.01. The lowest BCUT2D eigenvalue weighted by molar-refractivity contribution is 0.664. The SMILES string of the molecule is CN=C(NCCn1cccc1)NC1CC1c1ccc(Br)cc1. The lowest BCUT2D eigenvalue weighted by Crippen LogP contribution is -2.40. The molecule has 2 aromatic rings. The van der Waals surface area contributed by atoms with Crippen molar-refractivity contribution in [2.75, 3.05) is 13.6 Å². The number of guanidine groups is 1. The van der Waals surface area contributed by atoms with E-state index in [2.05, 4.69) is 72.8 Å². The van der Waals surface area contributed by atoms with Crippen molar-refractivity contribution in [2.45, 2.75) is 24.9 Å². The number of aromatic nitrogens is 1. The molecule has 4 nitrogen and oxygen atoms in total. The second-order valence-electron chi connectivity index (χ2n) is 5.56. The Morgan fingerprint density at radius 2 is 2.00 bits per heavy atom. The summed E-state index contributed by atoms with van der Waals surface area (Å²) < 4.78 is 3.28. The Morgan fingerprint density at radius 1 is 1.27 bits per heavy atom. The van der Waals surface area contributed by atoms with Crippen LogP contribution in [0, 0.1) is 0 Å². The van der Waals surface area contributed by atoms with Crippen molar-refractivity contribution in [3.05, 3.63) is 58.8 Å². The zero-order chi connectivity index (χ0) is 15.4. The molecule has 1 aromatic carbocycles. The summed E-state index contributed by atoms with van der Waals surface area (Å²) in [5, 5.41) is 6.87. The average Bonchev–Trinajstić information content (AvgIpc) is 3.09. The van der Waals surface area contributed by atoms with Gasteiger partial charge >= 0.3 is 0 Å². The fraction of sp³-hybridized carbons (Fsp3) is 0.353. The van der Waals surface area contributed by atoms with Crippen LogP contribution in [0.25, 0.3) is 0 Å². The second-order valence-corrected chi connectivity index (χ2v) is 6.48. The molecule has 0 bridgehead atoms. The van der Waals surface area contributed by atoms with Crippen molar-refractivity contribution in [1.82, 2.24) is 15.2 Å². The van der Waals surface area contributed by atoms with Crippen molar-refractivity contribution in [3.63, 3.8) is 0 Å². The molecule has 0 amide bonds. The fourth-order valence-corrected chi connectivity index (χ4v) is 2.89. The first kappa shape index (κ1) is 15.2. The molecule has 2 atom stereocenters. The van der Waals surface area contributed by atoms with Crippen molar-refractivity contribution >= 4 is 21.9 Å². The largest absolute Gasteiger partial charge is 0.355 e. The third-order valence-electron chi connectivity index (χ3n) is 3.96. The van der Waals surface area contributed by atoms with Crippen LogP contribution in [0.3, 0.4) is 0 Å². The predicted octanol–water partition coefficient (Wildman–Crippen LogP) is 2.97. The zero-order valence-corrected chi connectivity index (χ0v) is 14.3. The van der Waals surface area contributed by atoms with Gasteiger partial charge in [-0.1, -0.05) is 28.1 Å². The van der Waals surface area contributed by atoms with Gasteiger partial charge in [0, 0.05) is 49.0 Å². The van der Waals surface area contributed by atoms with E-state index in [1.54, 1.807) is 0 Å².